The topological polar surface area (TPSA) is 119 Å². The third-order valence-electron chi connectivity index (χ3n) is 4.10. The number of carbonyl (C=O) groups is 2. The number of hydrogen-bond acceptors (Lipinski definition) is 6. The van der Waals surface area contributed by atoms with Crippen LogP contribution >= 0.6 is 0 Å². The minimum Gasteiger partial charge on any atom is -0.452 e. The van der Waals surface area contributed by atoms with E-state index in [-0.39, 0.29) is 23.7 Å². The third-order valence-corrected chi connectivity index (χ3v) is 5.43. The van der Waals surface area contributed by atoms with E-state index in [4.69, 9.17) is 4.74 Å². The van der Waals surface area contributed by atoms with Crippen LogP contribution in [0.5, 0.6) is 0 Å². The zero-order chi connectivity index (χ0) is 21.8. The molecular weight excluding hydrogens is 403 g/mol. The molecule has 2 N–H and O–H groups in total. The van der Waals surface area contributed by atoms with Gasteiger partial charge < -0.3 is 14.6 Å². The first kappa shape index (κ1) is 22.5. The number of halogens is 1. The fourth-order valence-electron chi connectivity index (χ4n) is 2.24. The summed E-state index contributed by atoms with van der Waals surface area (Å²) in [6, 6.07) is 4.20. The van der Waals surface area contributed by atoms with Gasteiger partial charge in [-0.3, -0.25) is 9.59 Å². The smallest absolute Gasteiger partial charge is 0.307 e. The van der Waals surface area contributed by atoms with E-state index in [0.29, 0.717) is 11.4 Å². The van der Waals surface area contributed by atoms with Crippen molar-refractivity contribution in [3.63, 3.8) is 0 Å². The Morgan fingerprint density at radius 1 is 1.31 bits per heavy atom. The van der Waals surface area contributed by atoms with Crippen molar-refractivity contribution < 1.29 is 27.1 Å². The highest BCUT2D eigenvalue weighted by molar-refractivity contribution is 7.89. The van der Waals surface area contributed by atoms with Gasteiger partial charge in [-0.15, -0.1) is 0 Å². The van der Waals surface area contributed by atoms with Crippen molar-refractivity contribution in [1.29, 1.82) is 0 Å². The molecule has 1 atom stereocenters. The normalized spacial score (nSPS) is 12.4. The van der Waals surface area contributed by atoms with Crippen molar-refractivity contribution in [2.75, 3.05) is 11.9 Å². The summed E-state index contributed by atoms with van der Waals surface area (Å²) in [7, 11) is -2.19. The maximum Gasteiger partial charge on any atom is 0.307 e. The third kappa shape index (κ3) is 6.09. The van der Waals surface area contributed by atoms with Crippen LogP contribution in [-0.2, 0) is 31.4 Å². The lowest BCUT2D eigenvalue weighted by Gasteiger charge is -2.14. The number of hydrogen-bond donors (Lipinski definition) is 2. The minimum atomic E-state index is -3.86. The Bertz CT molecular complexity index is 1000. The zero-order valence-corrected chi connectivity index (χ0v) is 17.3. The summed E-state index contributed by atoms with van der Waals surface area (Å²) in [6.07, 6.45) is -0.0556. The molecule has 9 nitrogen and oxygen atoms in total. The highest BCUT2D eigenvalue weighted by Crippen LogP contribution is 2.14. The quantitative estimate of drug-likeness (QED) is 0.616. The van der Waals surface area contributed by atoms with E-state index in [1.54, 1.807) is 25.5 Å². The number of esters is 1. The van der Waals surface area contributed by atoms with Crippen molar-refractivity contribution >= 4 is 27.6 Å². The molecule has 1 unspecified atom stereocenters. The molecule has 2 rings (SSSR count). The first-order chi connectivity index (χ1) is 13.5. The number of imidazole rings is 1. The molecule has 11 heteroatoms. The number of sulfonamides is 1. The van der Waals surface area contributed by atoms with E-state index in [9.17, 15) is 22.4 Å². The van der Waals surface area contributed by atoms with Crippen LogP contribution in [0.3, 0.4) is 0 Å². The number of anilines is 1. The summed E-state index contributed by atoms with van der Waals surface area (Å²) >= 11 is 0. The van der Waals surface area contributed by atoms with E-state index in [1.807, 2.05) is 0 Å². The van der Waals surface area contributed by atoms with Crippen molar-refractivity contribution in [3.8, 4) is 0 Å². The molecule has 29 heavy (non-hydrogen) atoms. The van der Waals surface area contributed by atoms with Crippen molar-refractivity contribution in [3.05, 3.63) is 41.6 Å². The van der Waals surface area contributed by atoms with Crippen LogP contribution in [0.25, 0.3) is 0 Å². The summed E-state index contributed by atoms with van der Waals surface area (Å²) in [4.78, 5) is 27.9. The number of aromatic nitrogens is 2. The first-order valence-electron chi connectivity index (χ1n) is 8.75. The molecular formula is C18H23FN4O5S. The van der Waals surface area contributed by atoms with Gasteiger partial charge in [0.1, 0.15) is 11.6 Å². The Balaban J connectivity index is 1.82. The number of nitrogens with one attached hydrogen (secondary N) is 2. The second kappa shape index (κ2) is 9.14. The Kier molecular flexibility index (Phi) is 7.09. The second-order valence-corrected chi connectivity index (χ2v) is 8.18. The van der Waals surface area contributed by atoms with Crippen LogP contribution in [0, 0.1) is 19.7 Å². The zero-order valence-electron chi connectivity index (χ0n) is 16.5. The van der Waals surface area contributed by atoms with Crippen LogP contribution in [0.15, 0.2) is 29.4 Å². The number of aryl methyl sites for hydroxylation is 3. The summed E-state index contributed by atoms with van der Waals surface area (Å²) < 4.78 is 46.6. The van der Waals surface area contributed by atoms with E-state index in [0.717, 1.165) is 6.07 Å². The Morgan fingerprint density at radius 3 is 2.59 bits per heavy atom. The van der Waals surface area contributed by atoms with Gasteiger partial charge in [0, 0.05) is 25.5 Å². The summed E-state index contributed by atoms with van der Waals surface area (Å²) in [5.74, 6) is -1.34. The van der Waals surface area contributed by atoms with Gasteiger partial charge in [-0.05, 0) is 38.5 Å². The molecule has 158 valence electrons. The molecule has 1 amide bonds. The van der Waals surface area contributed by atoms with Crippen molar-refractivity contribution in [2.45, 2.75) is 38.3 Å². The monoisotopic (exact) mass is 426 g/mol. The van der Waals surface area contributed by atoms with E-state index >= 15 is 0 Å². The molecule has 2 aromatic rings. The lowest BCUT2D eigenvalue weighted by Crippen LogP contribution is -2.32. The predicted molar refractivity (Wildman–Crippen MR) is 103 cm³/mol. The fourth-order valence-corrected chi connectivity index (χ4v) is 3.31. The molecule has 0 saturated carbocycles. The Hall–Kier alpha value is -2.79. The molecule has 0 saturated heterocycles. The number of ether oxygens (including phenoxy) is 1. The molecule has 1 aromatic heterocycles. The van der Waals surface area contributed by atoms with Gasteiger partial charge in [0.05, 0.1) is 6.42 Å². The maximum atomic E-state index is 13.5. The van der Waals surface area contributed by atoms with Crippen LogP contribution in [0.1, 0.15) is 24.7 Å². The minimum absolute atomic E-state index is 0.149. The summed E-state index contributed by atoms with van der Waals surface area (Å²) in [6.45, 7) is 4.40. The largest absolute Gasteiger partial charge is 0.452 e. The summed E-state index contributed by atoms with van der Waals surface area (Å²) in [5, 5.41) is 2.30. The highest BCUT2D eigenvalue weighted by atomic mass is 32.2. The van der Waals surface area contributed by atoms with Gasteiger partial charge in [0.25, 0.3) is 15.9 Å². The molecule has 0 fully saturated rings. The number of amides is 1. The number of carbonyl (C=O) groups excluding carboxylic acids is 2. The predicted octanol–water partition coefficient (Wildman–Crippen LogP) is 1.41. The molecule has 0 radical (unpaired) electrons. The molecule has 0 bridgehead atoms. The lowest BCUT2D eigenvalue weighted by atomic mass is 10.2. The van der Waals surface area contributed by atoms with Gasteiger partial charge in [-0.1, -0.05) is 6.07 Å². The molecule has 0 aliphatic rings. The van der Waals surface area contributed by atoms with Gasteiger partial charge in [-0.2, -0.15) is 0 Å². The average molecular weight is 426 g/mol. The summed E-state index contributed by atoms with van der Waals surface area (Å²) in [5.41, 5.74) is 0.671. The van der Waals surface area contributed by atoms with Gasteiger partial charge in [0.2, 0.25) is 0 Å². The molecule has 0 spiro atoms. The van der Waals surface area contributed by atoms with Gasteiger partial charge >= 0.3 is 5.97 Å². The first-order valence-corrected chi connectivity index (χ1v) is 10.2. The van der Waals surface area contributed by atoms with Crippen LogP contribution < -0.4 is 10.0 Å². The SMILES string of the molecule is Cc1ccc(NC(=O)C(C)OC(=O)CCNS(=O)(=O)c2cn(C)c(C)n2)cc1F. The maximum absolute atomic E-state index is 13.5. The van der Waals surface area contributed by atoms with E-state index in [1.165, 1.54) is 25.3 Å². The number of benzene rings is 1. The number of rotatable bonds is 8. The van der Waals surface area contributed by atoms with Crippen LogP contribution in [0.2, 0.25) is 0 Å². The van der Waals surface area contributed by atoms with Crippen molar-refractivity contribution in [1.82, 2.24) is 14.3 Å². The highest BCUT2D eigenvalue weighted by Gasteiger charge is 2.21. The Labute approximate surface area is 168 Å². The lowest BCUT2D eigenvalue weighted by molar-refractivity contribution is -0.152. The molecule has 1 heterocycles. The Morgan fingerprint density at radius 2 is 2.00 bits per heavy atom. The van der Waals surface area contributed by atoms with E-state index < -0.39 is 33.8 Å². The average Bonchev–Trinajstić information content (AvgIpc) is 2.97. The van der Waals surface area contributed by atoms with Crippen LogP contribution in [0.4, 0.5) is 10.1 Å². The second-order valence-electron chi connectivity index (χ2n) is 6.47. The molecule has 1 aromatic carbocycles. The molecule has 0 aliphatic carbocycles. The van der Waals surface area contributed by atoms with Gasteiger partial charge in [-0.25, -0.2) is 22.5 Å². The number of nitrogens with zero attached hydrogens (tertiary/aromatic N) is 2. The van der Waals surface area contributed by atoms with Crippen LogP contribution in [-0.4, -0.2) is 42.5 Å². The van der Waals surface area contributed by atoms with Gasteiger partial charge in [0.15, 0.2) is 11.1 Å². The fraction of sp³-hybridized carbons (Fsp3) is 0.389. The van der Waals surface area contributed by atoms with Crippen molar-refractivity contribution in [2.24, 2.45) is 7.05 Å². The standard InChI is InChI=1S/C18H23FN4O5S/c1-11-5-6-14(9-15(11)19)22-18(25)12(2)28-17(24)7-8-20-29(26,27)16-10-23(4)13(3)21-16/h5-6,9-10,12,20H,7-8H2,1-4H3,(H,22,25). The molecule has 0 aliphatic heterocycles. The van der Waals surface area contributed by atoms with E-state index in [2.05, 4.69) is 15.0 Å².